The van der Waals surface area contributed by atoms with Gasteiger partial charge >= 0.3 is 11.8 Å². The van der Waals surface area contributed by atoms with Crippen LogP contribution in [0, 0.1) is 0 Å². The molecule has 0 aliphatic rings. The third-order valence-corrected chi connectivity index (χ3v) is 2.80. The Balaban J connectivity index is 2.36. The third-order valence-electron chi connectivity index (χ3n) is 2.80. The zero-order valence-corrected chi connectivity index (χ0v) is 12.8. The van der Waals surface area contributed by atoms with E-state index in [1.165, 1.54) is 0 Å². The van der Waals surface area contributed by atoms with Crippen LogP contribution in [0.3, 0.4) is 0 Å². The Morgan fingerprint density at radius 3 is 2.38 bits per heavy atom. The molecule has 0 aliphatic carbocycles. The monoisotopic (exact) mass is 293 g/mol. The fraction of sp³-hybridized carbons (Fsp3) is 0.467. The molecule has 0 saturated heterocycles. The number of rotatable bonds is 7. The van der Waals surface area contributed by atoms with Gasteiger partial charge in [-0.15, -0.1) is 0 Å². The van der Waals surface area contributed by atoms with Crippen molar-refractivity contribution < 1.29 is 14.3 Å². The van der Waals surface area contributed by atoms with E-state index in [1.807, 2.05) is 38.1 Å². The van der Waals surface area contributed by atoms with Crippen LogP contribution in [-0.2, 0) is 14.3 Å². The molecule has 116 valence electrons. The number of anilines is 2. The first kappa shape index (κ1) is 17.0. The van der Waals surface area contributed by atoms with Crippen molar-refractivity contribution in [2.75, 3.05) is 44.1 Å². The third kappa shape index (κ3) is 6.27. The summed E-state index contributed by atoms with van der Waals surface area (Å²) >= 11 is 0. The van der Waals surface area contributed by atoms with Gasteiger partial charge in [-0.05, 0) is 37.6 Å². The van der Waals surface area contributed by atoms with Gasteiger partial charge in [0.1, 0.15) is 0 Å². The van der Waals surface area contributed by atoms with Gasteiger partial charge in [0, 0.05) is 45.2 Å². The van der Waals surface area contributed by atoms with Crippen LogP contribution in [0.4, 0.5) is 11.4 Å². The van der Waals surface area contributed by atoms with Gasteiger partial charge in [0.25, 0.3) is 0 Å². The molecule has 0 bridgehead atoms. The van der Waals surface area contributed by atoms with Crippen LogP contribution in [-0.4, -0.2) is 45.7 Å². The second kappa shape index (κ2) is 8.97. The highest BCUT2D eigenvalue weighted by molar-refractivity contribution is 6.39. The van der Waals surface area contributed by atoms with Crippen molar-refractivity contribution in [2.24, 2.45) is 0 Å². The maximum atomic E-state index is 11.7. The minimum atomic E-state index is -0.663. The number of hydrogen-bond donors (Lipinski definition) is 2. The molecule has 0 radical (unpaired) electrons. The molecule has 0 unspecified atom stereocenters. The van der Waals surface area contributed by atoms with Gasteiger partial charge in [-0.1, -0.05) is 0 Å². The fourth-order valence-electron chi connectivity index (χ4n) is 1.63. The molecule has 0 atom stereocenters. The molecule has 0 spiro atoms. The highest BCUT2D eigenvalue weighted by Gasteiger charge is 2.12. The van der Waals surface area contributed by atoms with Crippen LogP contribution in [0.25, 0.3) is 0 Å². The minimum absolute atomic E-state index is 0.422. The molecule has 1 rings (SSSR count). The molecule has 6 nitrogen and oxygen atoms in total. The summed E-state index contributed by atoms with van der Waals surface area (Å²) in [5.41, 5.74) is 1.61. The van der Waals surface area contributed by atoms with E-state index in [2.05, 4.69) is 10.6 Å². The van der Waals surface area contributed by atoms with Crippen LogP contribution in [0.5, 0.6) is 0 Å². The molecule has 21 heavy (non-hydrogen) atoms. The molecular formula is C15H23N3O3. The molecule has 0 saturated carbocycles. The molecule has 2 amide bonds. The van der Waals surface area contributed by atoms with Crippen LogP contribution in [0.15, 0.2) is 24.3 Å². The van der Waals surface area contributed by atoms with Gasteiger partial charge in [-0.2, -0.15) is 0 Å². The molecule has 2 N–H and O–H groups in total. The number of ether oxygens (including phenoxy) is 1. The first-order valence-corrected chi connectivity index (χ1v) is 6.99. The van der Waals surface area contributed by atoms with Crippen LogP contribution < -0.4 is 15.5 Å². The molecule has 0 fully saturated rings. The van der Waals surface area contributed by atoms with Crippen molar-refractivity contribution in [3.8, 4) is 0 Å². The zero-order valence-electron chi connectivity index (χ0n) is 12.8. The number of carbonyl (C=O) groups excluding carboxylic acids is 2. The summed E-state index contributed by atoms with van der Waals surface area (Å²) in [5.74, 6) is -1.30. The predicted molar refractivity (Wildman–Crippen MR) is 83.5 cm³/mol. The molecule has 0 aromatic heterocycles. The molecule has 0 heterocycles. The smallest absolute Gasteiger partial charge is 0.313 e. The quantitative estimate of drug-likeness (QED) is 0.586. The Hall–Kier alpha value is -2.08. The second-order valence-corrected chi connectivity index (χ2v) is 4.70. The first-order chi connectivity index (χ1) is 10.0. The van der Waals surface area contributed by atoms with Crippen molar-refractivity contribution >= 4 is 23.2 Å². The number of benzene rings is 1. The number of nitrogens with one attached hydrogen (secondary N) is 2. The zero-order chi connectivity index (χ0) is 15.7. The highest BCUT2D eigenvalue weighted by atomic mass is 16.5. The lowest BCUT2D eigenvalue weighted by Crippen LogP contribution is -2.36. The van der Waals surface area contributed by atoms with E-state index in [0.717, 1.165) is 5.69 Å². The second-order valence-electron chi connectivity index (χ2n) is 4.70. The van der Waals surface area contributed by atoms with Gasteiger partial charge in [0.2, 0.25) is 0 Å². The normalized spacial score (nSPS) is 10.0. The van der Waals surface area contributed by atoms with E-state index < -0.39 is 11.8 Å². The van der Waals surface area contributed by atoms with Crippen molar-refractivity contribution in [3.05, 3.63) is 24.3 Å². The molecular weight excluding hydrogens is 270 g/mol. The summed E-state index contributed by atoms with van der Waals surface area (Å²) in [6.07, 6.45) is 0.685. The number of amides is 2. The Kier molecular flexibility index (Phi) is 7.25. The van der Waals surface area contributed by atoms with E-state index >= 15 is 0 Å². The summed E-state index contributed by atoms with van der Waals surface area (Å²) < 4.78 is 5.15. The summed E-state index contributed by atoms with van der Waals surface area (Å²) in [5, 5.41) is 5.11. The molecule has 6 heteroatoms. The SMILES string of the molecule is CCOCCCNC(=O)C(=O)Nc1ccc(N(C)C)cc1. The summed E-state index contributed by atoms with van der Waals surface area (Å²) in [4.78, 5) is 25.2. The van der Waals surface area contributed by atoms with Crippen molar-refractivity contribution in [1.29, 1.82) is 0 Å². The van der Waals surface area contributed by atoms with Crippen LogP contribution in [0.1, 0.15) is 13.3 Å². The van der Waals surface area contributed by atoms with Crippen molar-refractivity contribution in [1.82, 2.24) is 5.32 Å². The lowest BCUT2D eigenvalue weighted by molar-refractivity contribution is -0.136. The number of hydrogen-bond acceptors (Lipinski definition) is 4. The predicted octanol–water partition coefficient (Wildman–Crippen LogP) is 1.23. The summed E-state index contributed by atoms with van der Waals surface area (Å²) in [6.45, 7) is 3.56. The first-order valence-electron chi connectivity index (χ1n) is 6.99. The Morgan fingerprint density at radius 1 is 1.14 bits per heavy atom. The largest absolute Gasteiger partial charge is 0.382 e. The lowest BCUT2D eigenvalue weighted by Gasteiger charge is -2.13. The maximum absolute atomic E-state index is 11.7. The highest BCUT2D eigenvalue weighted by Crippen LogP contribution is 2.15. The van der Waals surface area contributed by atoms with Gasteiger partial charge < -0.3 is 20.3 Å². The minimum Gasteiger partial charge on any atom is -0.382 e. The average molecular weight is 293 g/mol. The van der Waals surface area contributed by atoms with E-state index in [4.69, 9.17) is 4.74 Å². The standard InChI is InChI=1S/C15H23N3O3/c1-4-21-11-5-10-16-14(19)15(20)17-12-6-8-13(9-7-12)18(2)3/h6-9H,4-5,10-11H2,1-3H3,(H,16,19)(H,17,20). The topological polar surface area (TPSA) is 70.7 Å². The van der Waals surface area contributed by atoms with E-state index in [0.29, 0.717) is 31.9 Å². The maximum Gasteiger partial charge on any atom is 0.313 e. The molecule has 1 aromatic rings. The van der Waals surface area contributed by atoms with Gasteiger partial charge in [0.05, 0.1) is 0 Å². The van der Waals surface area contributed by atoms with E-state index in [9.17, 15) is 9.59 Å². The number of carbonyl (C=O) groups is 2. The van der Waals surface area contributed by atoms with Crippen LogP contribution in [0.2, 0.25) is 0 Å². The van der Waals surface area contributed by atoms with E-state index in [1.54, 1.807) is 12.1 Å². The Labute approximate surface area is 125 Å². The van der Waals surface area contributed by atoms with Gasteiger partial charge in [0.15, 0.2) is 0 Å². The Morgan fingerprint density at radius 2 is 1.81 bits per heavy atom. The summed E-state index contributed by atoms with van der Waals surface area (Å²) in [6, 6.07) is 7.26. The Bertz CT molecular complexity index is 458. The van der Waals surface area contributed by atoms with Gasteiger partial charge in [-0.25, -0.2) is 0 Å². The average Bonchev–Trinajstić information content (AvgIpc) is 2.47. The summed E-state index contributed by atoms with van der Waals surface area (Å²) in [7, 11) is 3.87. The fourth-order valence-corrected chi connectivity index (χ4v) is 1.63. The van der Waals surface area contributed by atoms with Crippen molar-refractivity contribution in [2.45, 2.75) is 13.3 Å². The number of nitrogens with zero attached hydrogens (tertiary/aromatic N) is 1. The van der Waals surface area contributed by atoms with Gasteiger partial charge in [-0.3, -0.25) is 9.59 Å². The lowest BCUT2D eigenvalue weighted by atomic mass is 10.2. The van der Waals surface area contributed by atoms with Crippen molar-refractivity contribution in [3.63, 3.8) is 0 Å². The van der Waals surface area contributed by atoms with Crippen LogP contribution >= 0.6 is 0 Å². The van der Waals surface area contributed by atoms with E-state index in [-0.39, 0.29) is 0 Å². The molecule has 0 aliphatic heterocycles. The molecule has 1 aromatic carbocycles.